The Hall–Kier alpha value is -2.16. The zero-order valence-corrected chi connectivity index (χ0v) is 15.6. The summed E-state index contributed by atoms with van der Waals surface area (Å²) in [4.78, 5) is 10.5. The lowest BCUT2D eigenvalue weighted by Gasteiger charge is -2.39. The molecule has 0 radical (unpaired) electrons. The number of hydrogen-bond donors (Lipinski definition) is 2. The first-order chi connectivity index (χ1) is 13.3. The van der Waals surface area contributed by atoms with Crippen molar-refractivity contribution < 1.29 is 18.6 Å². The van der Waals surface area contributed by atoms with Crippen molar-refractivity contribution in [3.05, 3.63) is 40.6 Å². The SMILES string of the molecule is Cc1cc(-c2nc(N3CC(O)C3)nc3c2CCC3(F)F)ccc1C1(N)COC1. The normalized spacial score (nSPS) is 22.5. The first-order valence-corrected chi connectivity index (χ1v) is 9.47. The summed E-state index contributed by atoms with van der Waals surface area (Å²) in [5.41, 5.74) is 9.52. The average molecular weight is 388 g/mol. The smallest absolute Gasteiger partial charge is 0.290 e. The second-order valence-electron chi connectivity index (χ2n) is 8.14. The van der Waals surface area contributed by atoms with E-state index in [1.807, 2.05) is 25.1 Å². The zero-order valence-electron chi connectivity index (χ0n) is 15.6. The van der Waals surface area contributed by atoms with Gasteiger partial charge in [0.2, 0.25) is 5.95 Å². The van der Waals surface area contributed by atoms with Crippen molar-refractivity contribution >= 4 is 5.95 Å². The van der Waals surface area contributed by atoms with Crippen LogP contribution in [0.3, 0.4) is 0 Å². The largest absolute Gasteiger partial charge is 0.389 e. The Kier molecular flexibility index (Phi) is 3.78. The Bertz CT molecular complexity index is 955. The topological polar surface area (TPSA) is 84.5 Å². The number of nitrogens with zero attached hydrogens (tertiary/aromatic N) is 3. The molecule has 3 N–H and O–H groups in total. The lowest BCUT2D eigenvalue weighted by molar-refractivity contribution is -0.0572. The van der Waals surface area contributed by atoms with E-state index in [9.17, 15) is 13.9 Å². The second kappa shape index (κ2) is 5.92. The van der Waals surface area contributed by atoms with Crippen LogP contribution < -0.4 is 10.6 Å². The van der Waals surface area contributed by atoms with Crippen LogP contribution >= 0.6 is 0 Å². The molecule has 0 atom stereocenters. The monoisotopic (exact) mass is 388 g/mol. The van der Waals surface area contributed by atoms with Crippen LogP contribution in [0.5, 0.6) is 0 Å². The van der Waals surface area contributed by atoms with E-state index >= 15 is 0 Å². The van der Waals surface area contributed by atoms with E-state index in [1.54, 1.807) is 4.90 Å². The highest BCUT2D eigenvalue weighted by Gasteiger charge is 2.44. The van der Waals surface area contributed by atoms with Crippen LogP contribution in [0, 0.1) is 6.92 Å². The third kappa shape index (κ3) is 2.62. The van der Waals surface area contributed by atoms with Gasteiger partial charge >= 0.3 is 0 Å². The molecule has 0 saturated carbocycles. The van der Waals surface area contributed by atoms with Gasteiger partial charge in [-0.3, -0.25) is 0 Å². The predicted molar refractivity (Wildman–Crippen MR) is 99.3 cm³/mol. The first-order valence-electron chi connectivity index (χ1n) is 9.47. The molecule has 8 heteroatoms. The molecule has 5 rings (SSSR count). The lowest BCUT2D eigenvalue weighted by atomic mass is 9.85. The summed E-state index contributed by atoms with van der Waals surface area (Å²) < 4.78 is 34.1. The Morgan fingerprint density at radius 1 is 1.25 bits per heavy atom. The van der Waals surface area contributed by atoms with E-state index in [1.165, 1.54) is 0 Å². The Balaban J connectivity index is 1.60. The molecule has 2 fully saturated rings. The van der Waals surface area contributed by atoms with Crippen LogP contribution in [0.4, 0.5) is 14.7 Å². The molecular weight excluding hydrogens is 366 g/mol. The van der Waals surface area contributed by atoms with Gasteiger partial charge in [-0.15, -0.1) is 0 Å². The Labute approximate surface area is 161 Å². The van der Waals surface area contributed by atoms with Crippen molar-refractivity contribution in [2.45, 2.75) is 37.3 Å². The maximum absolute atomic E-state index is 14.4. The molecule has 1 aliphatic carbocycles. The van der Waals surface area contributed by atoms with E-state index in [2.05, 4.69) is 9.97 Å². The van der Waals surface area contributed by atoms with Crippen LogP contribution in [0.2, 0.25) is 0 Å². The van der Waals surface area contributed by atoms with Gasteiger partial charge in [0, 0.05) is 30.6 Å². The van der Waals surface area contributed by atoms with E-state index < -0.39 is 17.6 Å². The number of aliphatic hydroxyl groups excluding tert-OH is 1. The number of ether oxygens (including phenoxy) is 1. The van der Waals surface area contributed by atoms with Gasteiger partial charge in [-0.1, -0.05) is 12.1 Å². The number of benzene rings is 1. The van der Waals surface area contributed by atoms with Gasteiger partial charge in [0.25, 0.3) is 5.92 Å². The number of fused-ring (bicyclic) bond motifs is 1. The molecule has 6 nitrogen and oxygen atoms in total. The Morgan fingerprint density at radius 2 is 2.00 bits per heavy atom. The molecule has 3 aliphatic rings. The van der Waals surface area contributed by atoms with Gasteiger partial charge in [0.1, 0.15) is 5.69 Å². The standard InChI is InChI=1S/C20H22F2N4O2/c1-11-6-12(2-3-15(11)19(23)9-28-10-19)16-14-4-5-20(21,22)17(14)25-18(24-16)26-7-13(27)8-26/h2-3,6,13,27H,4-5,7-10,23H2,1H3. The molecule has 2 saturated heterocycles. The molecule has 1 aromatic carbocycles. The zero-order chi connectivity index (χ0) is 19.7. The fraction of sp³-hybridized carbons (Fsp3) is 0.500. The number of β-amino-alcohol motifs (C(OH)–C–C–N with tert-alkyl or cyclic N) is 1. The minimum atomic E-state index is -2.95. The van der Waals surface area contributed by atoms with Crippen LogP contribution in [0.15, 0.2) is 18.2 Å². The molecule has 148 valence electrons. The van der Waals surface area contributed by atoms with Crippen LogP contribution in [-0.4, -0.2) is 47.5 Å². The van der Waals surface area contributed by atoms with Gasteiger partial charge in [0.05, 0.1) is 30.6 Å². The first kappa shape index (κ1) is 17.9. The molecule has 2 aliphatic heterocycles. The fourth-order valence-electron chi connectivity index (χ4n) is 4.26. The number of aryl methyl sites for hydroxylation is 1. The van der Waals surface area contributed by atoms with E-state index in [-0.39, 0.29) is 24.5 Å². The molecule has 1 aromatic heterocycles. The van der Waals surface area contributed by atoms with Crippen molar-refractivity contribution in [3.63, 3.8) is 0 Å². The number of halogens is 2. The number of alkyl halides is 2. The van der Waals surface area contributed by atoms with Crippen molar-refractivity contribution in [2.24, 2.45) is 5.73 Å². The molecule has 2 aromatic rings. The summed E-state index contributed by atoms with van der Waals surface area (Å²) in [5, 5.41) is 9.57. The highest BCUT2D eigenvalue weighted by molar-refractivity contribution is 5.68. The summed E-state index contributed by atoms with van der Waals surface area (Å²) >= 11 is 0. The van der Waals surface area contributed by atoms with Gasteiger partial charge < -0.3 is 20.5 Å². The minimum Gasteiger partial charge on any atom is -0.389 e. The molecule has 28 heavy (non-hydrogen) atoms. The van der Waals surface area contributed by atoms with E-state index in [0.29, 0.717) is 37.6 Å². The van der Waals surface area contributed by atoms with Gasteiger partial charge in [0.15, 0.2) is 0 Å². The third-order valence-corrected chi connectivity index (χ3v) is 5.93. The average Bonchev–Trinajstić information content (AvgIpc) is 2.91. The summed E-state index contributed by atoms with van der Waals surface area (Å²) in [6.45, 7) is 3.64. The number of aliphatic hydroxyl groups is 1. The van der Waals surface area contributed by atoms with Gasteiger partial charge in [-0.05, 0) is 30.5 Å². The summed E-state index contributed by atoms with van der Waals surface area (Å²) in [6.07, 6.45) is -0.473. The molecule has 3 heterocycles. The minimum absolute atomic E-state index is 0.182. The van der Waals surface area contributed by atoms with E-state index in [4.69, 9.17) is 10.5 Å². The maximum atomic E-state index is 14.4. The third-order valence-electron chi connectivity index (χ3n) is 5.93. The molecule has 0 unspecified atom stereocenters. The number of rotatable bonds is 3. The predicted octanol–water partition coefficient (Wildman–Crippen LogP) is 1.86. The summed E-state index contributed by atoms with van der Waals surface area (Å²) in [6, 6.07) is 5.79. The fourth-order valence-corrected chi connectivity index (χ4v) is 4.26. The van der Waals surface area contributed by atoms with Crippen molar-refractivity contribution in [1.82, 2.24) is 9.97 Å². The van der Waals surface area contributed by atoms with E-state index in [0.717, 1.165) is 16.7 Å². The van der Waals surface area contributed by atoms with Crippen LogP contribution in [0.25, 0.3) is 11.3 Å². The Morgan fingerprint density at radius 3 is 2.61 bits per heavy atom. The number of anilines is 1. The quantitative estimate of drug-likeness (QED) is 0.835. The van der Waals surface area contributed by atoms with Gasteiger partial charge in [-0.25, -0.2) is 9.97 Å². The summed E-state index contributed by atoms with van der Waals surface area (Å²) in [5.74, 6) is -2.70. The maximum Gasteiger partial charge on any atom is 0.290 e. The highest BCUT2D eigenvalue weighted by Crippen LogP contribution is 2.45. The van der Waals surface area contributed by atoms with Crippen molar-refractivity contribution in [3.8, 4) is 11.3 Å². The second-order valence-corrected chi connectivity index (χ2v) is 8.14. The van der Waals surface area contributed by atoms with Crippen molar-refractivity contribution in [1.29, 1.82) is 0 Å². The number of aromatic nitrogens is 2. The van der Waals surface area contributed by atoms with Gasteiger partial charge in [-0.2, -0.15) is 8.78 Å². The highest BCUT2D eigenvalue weighted by atomic mass is 19.3. The van der Waals surface area contributed by atoms with Crippen molar-refractivity contribution in [2.75, 3.05) is 31.2 Å². The molecular formula is C20H22F2N4O2. The van der Waals surface area contributed by atoms with Crippen LogP contribution in [0.1, 0.15) is 28.8 Å². The number of hydrogen-bond acceptors (Lipinski definition) is 6. The summed E-state index contributed by atoms with van der Waals surface area (Å²) in [7, 11) is 0. The number of nitrogens with two attached hydrogens (primary N) is 1. The molecule has 0 spiro atoms. The molecule has 0 bridgehead atoms. The molecule has 0 amide bonds. The van der Waals surface area contributed by atoms with Crippen LogP contribution in [-0.2, 0) is 22.6 Å². The lowest BCUT2D eigenvalue weighted by Crippen LogP contribution is -2.54.